The molecule has 21 heavy (non-hydrogen) atoms. The van der Waals surface area contributed by atoms with Crippen molar-refractivity contribution in [2.75, 3.05) is 13.2 Å². The summed E-state index contributed by atoms with van der Waals surface area (Å²) in [5, 5.41) is 0. The highest BCUT2D eigenvalue weighted by Crippen LogP contribution is 2.10. The molecule has 0 amide bonds. The summed E-state index contributed by atoms with van der Waals surface area (Å²) in [6, 6.07) is 0.444. The Kier molecular flexibility index (Phi) is 15.3. The van der Waals surface area contributed by atoms with E-state index in [1.807, 2.05) is 6.92 Å². The van der Waals surface area contributed by atoms with Crippen LogP contribution in [-0.4, -0.2) is 25.2 Å². The Morgan fingerprint density at radius 2 is 1.62 bits per heavy atom. The number of unbranched alkanes of at least 4 members (excludes halogenated alkanes) is 6. The van der Waals surface area contributed by atoms with Crippen molar-refractivity contribution in [3.05, 3.63) is 0 Å². The van der Waals surface area contributed by atoms with Gasteiger partial charge in [-0.1, -0.05) is 65.7 Å². The Hall–Kier alpha value is -0.610. The SMILES string of the molecule is CCCCCCCCCC(CC)NNCC(=O)OCCC. The monoisotopic (exact) mass is 300 g/mol. The number of nitrogens with one attached hydrogen (secondary N) is 2. The zero-order valence-electron chi connectivity index (χ0n) is 14.4. The van der Waals surface area contributed by atoms with Gasteiger partial charge in [0, 0.05) is 6.04 Å². The van der Waals surface area contributed by atoms with E-state index in [9.17, 15) is 4.79 Å². The van der Waals surface area contributed by atoms with Crippen LogP contribution >= 0.6 is 0 Å². The van der Waals surface area contributed by atoms with Gasteiger partial charge in [-0.25, -0.2) is 5.43 Å². The summed E-state index contributed by atoms with van der Waals surface area (Å²) in [6.07, 6.45) is 12.5. The molecule has 0 bridgehead atoms. The summed E-state index contributed by atoms with van der Waals surface area (Å²) >= 11 is 0. The minimum Gasteiger partial charge on any atom is -0.465 e. The molecule has 0 heterocycles. The number of hydrazine groups is 1. The number of esters is 1. The third kappa shape index (κ3) is 14.1. The van der Waals surface area contributed by atoms with Crippen molar-refractivity contribution < 1.29 is 9.53 Å². The largest absolute Gasteiger partial charge is 0.465 e. The summed E-state index contributed by atoms with van der Waals surface area (Å²) in [5.74, 6) is -0.185. The van der Waals surface area contributed by atoms with Crippen LogP contribution in [-0.2, 0) is 9.53 Å². The van der Waals surface area contributed by atoms with Crippen molar-refractivity contribution in [1.29, 1.82) is 0 Å². The lowest BCUT2D eigenvalue weighted by Gasteiger charge is -2.17. The molecule has 0 fully saturated rings. The second-order valence-corrected chi connectivity index (χ2v) is 5.73. The first-order valence-electron chi connectivity index (χ1n) is 8.88. The van der Waals surface area contributed by atoms with E-state index in [1.54, 1.807) is 0 Å². The first kappa shape index (κ1) is 20.4. The molecule has 0 aromatic rings. The van der Waals surface area contributed by atoms with Crippen molar-refractivity contribution in [3.8, 4) is 0 Å². The molecule has 0 spiro atoms. The predicted octanol–water partition coefficient (Wildman–Crippen LogP) is 3.95. The van der Waals surface area contributed by atoms with E-state index < -0.39 is 0 Å². The Morgan fingerprint density at radius 1 is 0.952 bits per heavy atom. The van der Waals surface area contributed by atoms with Crippen LogP contribution in [0.2, 0.25) is 0 Å². The molecule has 0 radical (unpaired) electrons. The van der Waals surface area contributed by atoms with E-state index in [0.29, 0.717) is 12.6 Å². The van der Waals surface area contributed by atoms with Gasteiger partial charge in [-0.2, -0.15) is 0 Å². The smallest absolute Gasteiger partial charge is 0.321 e. The van der Waals surface area contributed by atoms with Gasteiger partial charge in [-0.05, 0) is 19.3 Å². The number of ether oxygens (including phenoxy) is 1. The second kappa shape index (κ2) is 15.8. The normalized spacial score (nSPS) is 12.3. The molecule has 0 aliphatic rings. The van der Waals surface area contributed by atoms with Crippen molar-refractivity contribution in [2.24, 2.45) is 0 Å². The average Bonchev–Trinajstić information content (AvgIpc) is 2.50. The van der Waals surface area contributed by atoms with Gasteiger partial charge in [0.05, 0.1) is 6.61 Å². The van der Waals surface area contributed by atoms with Gasteiger partial charge in [0.2, 0.25) is 0 Å². The molecule has 0 saturated heterocycles. The van der Waals surface area contributed by atoms with Gasteiger partial charge in [0.1, 0.15) is 6.54 Å². The fraction of sp³-hybridized carbons (Fsp3) is 0.941. The van der Waals surface area contributed by atoms with Gasteiger partial charge in [0.25, 0.3) is 0 Å². The third-order valence-electron chi connectivity index (χ3n) is 3.66. The van der Waals surface area contributed by atoms with E-state index in [4.69, 9.17) is 4.74 Å². The van der Waals surface area contributed by atoms with Gasteiger partial charge >= 0.3 is 5.97 Å². The van der Waals surface area contributed by atoms with E-state index in [0.717, 1.165) is 12.8 Å². The van der Waals surface area contributed by atoms with Gasteiger partial charge in [0.15, 0.2) is 0 Å². The molecule has 1 atom stereocenters. The highest BCUT2D eigenvalue weighted by molar-refractivity contribution is 5.71. The molecule has 2 N–H and O–H groups in total. The highest BCUT2D eigenvalue weighted by atomic mass is 16.5. The fourth-order valence-electron chi connectivity index (χ4n) is 2.26. The highest BCUT2D eigenvalue weighted by Gasteiger charge is 2.06. The standard InChI is InChI=1S/C17H36N2O2/c1-4-7-8-9-10-11-12-13-16(6-3)19-18-15-17(20)21-14-5-2/h16,18-19H,4-15H2,1-3H3. The van der Waals surface area contributed by atoms with Crippen LogP contribution in [0.5, 0.6) is 0 Å². The molecule has 0 aliphatic heterocycles. The van der Waals surface area contributed by atoms with Crippen LogP contribution in [0.4, 0.5) is 0 Å². The summed E-state index contributed by atoms with van der Waals surface area (Å²) in [6.45, 7) is 7.18. The molecular weight excluding hydrogens is 264 g/mol. The molecule has 4 heteroatoms. The van der Waals surface area contributed by atoms with Crippen LogP contribution in [0.1, 0.15) is 85.0 Å². The number of hydrogen-bond acceptors (Lipinski definition) is 4. The molecule has 0 aromatic heterocycles. The number of rotatable bonds is 15. The quantitative estimate of drug-likeness (QED) is 0.273. The number of carbonyl (C=O) groups is 1. The van der Waals surface area contributed by atoms with Crippen LogP contribution in [0, 0.1) is 0 Å². The summed E-state index contributed by atoms with van der Waals surface area (Å²) in [5.41, 5.74) is 6.23. The van der Waals surface area contributed by atoms with Gasteiger partial charge in [-0.15, -0.1) is 0 Å². The molecular formula is C17H36N2O2. The minimum atomic E-state index is -0.185. The van der Waals surface area contributed by atoms with Crippen molar-refractivity contribution >= 4 is 5.97 Å². The van der Waals surface area contributed by atoms with Crippen LogP contribution in [0.25, 0.3) is 0 Å². The lowest BCUT2D eigenvalue weighted by Crippen LogP contribution is -2.43. The van der Waals surface area contributed by atoms with E-state index >= 15 is 0 Å². The number of carbonyl (C=O) groups excluding carboxylic acids is 1. The maximum absolute atomic E-state index is 11.3. The second-order valence-electron chi connectivity index (χ2n) is 5.73. The van der Waals surface area contributed by atoms with Crippen LogP contribution in [0.15, 0.2) is 0 Å². The zero-order chi connectivity index (χ0) is 15.8. The van der Waals surface area contributed by atoms with Crippen molar-refractivity contribution in [3.63, 3.8) is 0 Å². The molecule has 0 aliphatic carbocycles. The van der Waals surface area contributed by atoms with E-state index in [2.05, 4.69) is 24.7 Å². The van der Waals surface area contributed by atoms with Crippen LogP contribution < -0.4 is 10.9 Å². The average molecular weight is 300 g/mol. The number of hydrogen-bond donors (Lipinski definition) is 2. The molecule has 0 saturated carbocycles. The topological polar surface area (TPSA) is 50.4 Å². The maximum Gasteiger partial charge on any atom is 0.321 e. The first-order chi connectivity index (χ1) is 10.2. The van der Waals surface area contributed by atoms with E-state index in [1.165, 1.54) is 51.4 Å². The molecule has 126 valence electrons. The van der Waals surface area contributed by atoms with Gasteiger partial charge in [-0.3, -0.25) is 10.2 Å². The Labute approximate surface area is 131 Å². The summed E-state index contributed by atoms with van der Waals surface area (Å²) < 4.78 is 5.01. The molecule has 4 nitrogen and oxygen atoms in total. The molecule has 0 aromatic carbocycles. The fourth-order valence-corrected chi connectivity index (χ4v) is 2.26. The summed E-state index contributed by atoms with van der Waals surface area (Å²) in [7, 11) is 0. The first-order valence-corrected chi connectivity index (χ1v) is 8.88. The maximum atomic E-state index is 11.3. The molecule has 0 rings (SSSR count). The Balaban J connectivity index is 3.47. The van der Waals surface area contributed by atoms with E-state index in [-0.39, 0.29) is 12.5 Å². The lowest BCUT2D eigenvalue weighted by atomic mass is 10.0. The Bertz CT molecular complexity index is 235. The predicted molar refractivity (Wildman–Crippen MR) is 89.1 cm³/mol. The summed E-state index contributed by atoms with van der Waals surface area (Å²) in [4.78, 5) is 11.3. The zero-order valence-corrected chi connectivity index (χ0v) is 14.4. The lowest BCUT2D eigenvalue weighted by molar-refractivity contribution is -0.142. The third-order valence-corrected chi connectivity index (χ3v) is 3.66. The van der Waals surface area contributed by atoms with Crippen molar-refractivity contribution in [1.82, 2.24) is 10.9 Å². The van der Waals surface area contributed by atoms with Gasteiger partial charge < -0.3 is 4.74 Å². The van der Waals surface area contributed by atoms with Crippen LogP contribution in [0.3, 0.4) is 0 Å². The molecule has 1 unspecified atom stereocenters. The van der Waals surface area contributed by atoms with Crippen molar-refractivity contribution in [2.45, 2.75) is 91.0 Å². The Morgan fingerprint density at radius 3 is 2.24 bits per heavy atom. The minimum absolute atomic E-state index is 0.185.